The molecule has 0 aromatic carbocycles. The van der Waals surface area contributed by atoms with Crippen molar-refractivity contribution < 1.29 is 4.74 Å². The molecule has 2 rings (SSSR count). The number of nitrogens with one attached hydrogen (secondary N) is 1. The highest BCUT2D eigenvalue weighted by atomic mass is 35.5. The minimum absolute atomic E-state index is 0. The molecular formula is C9H10Cl4N2O. The largest absolute Gasteiger partial charge is 0.378 e. The molecule has 0 unspecified atom stereocenters. The van der Waals surface area contributed by atoms with Crippen LogP contribution in [0.1, 0.15) is 11.6 Å². The molecule has 1 aliphatic rings. The van der Waals surface area contributed by atoms with Crippen molar-refractivity contribution in [1.29, 1.82) is 0 Å². The fraction of sp³-hybridized carbons (Fsp3) is 0.444. The van der Waals surface area contributed by atoms with Crippen molar-refractivity contribution >= 4 is 47.2 Å². The van der Waals surface area contributed by atoms with Gasteiger partial charge in [-0.15, -0.1) is 12.4 Å². The van der Waals surface area contributed by atoms with Gasteiger partial charge in [0.25, 0.3) is 0 Å². The molecule has 1 aromatic rings. The van der Waals surface area contributed by atoms with Gasteiger partial charge in [0.05, 0.1) is 29.3 Å². The second-order valence-electron chi connectivity index (χ2n) is 3.21. The van der Waals surface area contributed by atoms with Crippen LogP contribution in [0.15, 0.2) is 6.20 Å². The summed E-state index contributed by atoms with van der Waals surface area (Å²) in [5.74, 6) is 0. The molecule has 1 aliphatic heterocycles. The molecule has 16 heavy (non-hydrogen) atoms. The Balaban J connectivity index is 0.00000128. The number of aromatic nitrogens is 1. The van der Waals surface area contributed by atoms with Crippen LogP contribution in [0.25, 0.3) is 0 Å². The molecule has 1 fully saturated rings. The molecule has 3 nitrogen and oxygen atoms in total. The van der Waals surface area contributed by atoms with Crippen molar-refractivity contribution in [3.8, 4) is 0 Å². The third-order valence-electron chi connectivity index (χ3n) is 2.24. The van der Waals surface area contributed by atoms with Crippen LogP contribution in [-0.4, -0.2) is 24.7 Å². The van der Waals surface area contributed by atoms with Gasteiger partial charge in [-0.2, -0.15) is 0 Å². The minimum atomic E-state index is -0.0146. The molecule has 0 saturated carbocycles. The fourth-order valence-electron chi connectivity index (χ4n) is 1.53. The maximum atomic E-state index is 6.06. The van der Waals surface area contributed by atoms with Gasteiger partial charge in [-0.1, -0.05) is 34.8 Å². The van der Waals surface area contributed by atoms with Crippen molar-refractivity contribution in [3.05, 3.63) is 27.0 Å². The summed E-state index contributed by atoms with van der Waals surface area (Å²) in [4.78, 5) is 3.87. The summed E-state index contributed by atoms with van der Waals surface area (Å²) in [6, 6.07) is -0.0146. The summed E-state index contributed by atoms with van der Waals surface area (Å²) in [5, 5.41) is 4.43. The van der Waals surface area contributed by atoms with Crippen molar-refractivity contribution in [2.45, 2.75) is 6.04 Å². The molecule has 2 heterocycles. The second kappa shape index (κ2) is 6.24. The SMILES string of the molecule is Cl.Clc1cnc(Cl)c(Cl)c1[C@@H]1COCCN1. The van der Waals surface area contributed by atoms with Gasteiger partial charge in [0.1, 0.15) is 5.15 Å². The van der Waals surface area contributed by atoms with E-state index >= 15 is 0 Å². The zero-order valence-electron chi connectivity index (χ0n) is 8.17. The number of hydrogen-bond acceptors (Lipinski definition) is 3. The maximum absolute atomic E-state index is 6.06. The van der Waals surface area contributed by atoms with E-state index in [4.69, 9.17) is 39.5 Å². The Labute approximate surface area is 115 Å². The summed E-state index contributed by atoms with van der Waals surface area (Å²) in [5.41, 5.74) is 0.762. The van der Waals surface area contributed by atoms with Gasteiger partial charge >= 0.3 is 0 Å². The van der Waals surface area contributed by atoms with Crippen LogP contribution in [0, 0.1) is 0 Å². The van der Waals surface area contributed by atoms with Crippen LogP contribution in [0.2, 0.25) is 15.2 Å². The molecule has 0 bridgehead atoms. The second-order valence-corrected chi connectivity index (χ2v) is 4.35. The first-order chi connectivity index (χ1) is 7.20. The van der Waals surface area contributed by atoms with E-state index < -0.39 is 0 Å². The number of hydrogen-bond donors (Lipinski definition) is 1. The van der Waals surface area contributed by atoms with E-state index in [0.29, 0.717) is 23.3 Å². The maximum Gasteiger partial charge on any atom is 0.148 e. The van der Waals surface area contributed by atoms with E-state index in [1.165, 1.54) is 6.20 Å². The summed E-state index contributed by atoms with van der Waals surface area (Å²) >= 11 is 17.9. The van der Waals surface area contributed by atoms with Gasteiger partial charge in [0, 0.05) is 18.3 Å². The van der Waals surface area contributed by atoms with Crippen molar-refractivity contribution in [3.63, 3.8) is 0 Å². The molecule has 1 aromatic heterocycles. The lowest BCUT2D eigenvalue weighted by Crippen LogP contribution is -2.35. The van der Waals surface area contributed by atoms with E-state index in [0.717, 1.165) is 12.1 Å². The number of pyridine rings is 1. The Bertz CT molecular complexity index is 369. The first-order valence-electron chi connectivity index (χ1n) is 4.50. The normalized spacial score (nSPS) is 20.3. The number of ether oxygens (including phenoxy) is 1. The van der Waals surface area contributed by atoms with E-state index in [1.807, 2.05) is 0 Å². The zero-order chi connectivity index (χ0) is 10.8. The fourth-order valence-corrected chi connectivity index (χ4v) is 2.28. The number of morpholine rings is 1. The highest BCUT2D eigenvalue weighted by Gasteiger charge is 2.22. The predicted molar refractivity (Wildman–Crippen MR) is 68.1 cm³/mol. The van der Waals surface area contributed by atoms with Crippen molar-refractivity contribution in [2.75, 3.05) is 19.8 Å². The lowest BCUT2D eigenvalue weighted by Gasteiger charge is -2.25. The Morgan fingerprint density at radius 3 is 2.75 bits per heavy atom. The standard InChI is InChI=1S/C9H9Cl3N2O.ClH/c10-5-3-14-9(12)8(11)7(5)6-4-15-2-1-13-6;/h3,6,13H,1-2,4H2;1H/t6-;/m0./s1. The van der Waals surface area contributed by atoms with E-state index in [2.05, 4.69) is 10.3 Å². The van der Waals surface area contributed by atoms with Gasteiger partial charge in [-0.3, -0.25) is 0 Å². The van der Waals surface area contributed by atoms with Gasteiger partial charge in [0.15, 0.2) is 0 Å². The smallest absolute Gasteiger partial charge is 0.148 e. The summed E-state index contributed by atoms with van der Waals surface area (Å²) < 4.78 is 5.34. The molecule has 7 heteroatoms. The lowest BCUT2D eigenvalue weighted by molar-refractivity contribution is 0.0769. The summed E-state index contributed by atoms with van der Waals surface area (Å²) in [6.45, 7) is 2.02. The number of nitrogens with zero attached hydrogens (tertiary/aromatic N) is 1. The van der Waals surface area contributed by atoms with Crippen LogP contribution in [0.3, 0.4) is 0 Å². The topological polar surface area (TPSA) is 34.1 Å². The molecule has 0 radical (unpaired) electrons. The zero-order valence-corrected chi connectivity index (χ0v) is 11.3. The van der Waals surface area contributed by atoms with Gasteiger partial charge in [-0.25, -0.2) is 4.98 Å². The predicted octanol–water partition coefficient (Wildman–Crippen LogP) is 3.12. The van der Waals surface area contributed by atoms with E-state index in [9.17, 15) is 0 Å². The molecule has 0 spiro atoms. The number of rotatable bonds is 1. The monoisotopic (exact) mass is 302 g/mol. The van der Waals surface area contributed by atoms with Crippen LogP contribution in [0.5, 0.6) is 0 Å². The highest BCUT2D eigenvalue weighted by molar-refractivity contribution is 6.43. The van der Waals surface area contributed by atoms with Crippen molar-refractivity contribution in [1.82, 2.24) is 10.3 Å². The van der Waals surface area contributed by atoms with Gasteiger partial charge in [-0.05, 0) is 0 Å². The van der Waals surface area contributed by atoms with Gasteiger partial charge in [0.2, 0.25) is 0 Å². The molecule has 1 saturated heterocycles. The molecule has 90 valence electrons. The Kier molecular flexibility index (Phi) is 5.57. The van der Waals surface area contributed by atoms with Crippen LogP contribution >= 0.6 is 47.2 Å². The van der Waals surface area contributed by atoms with Crippen molar-refractivity contribution in [2.24, 2.45) is 0 Å². The third kappa shape index (κ3) is 2.92. The molecular weight excluding hydrogens is 294 g/mol. The van der Waals surface area contributed by atoms with Crippen LogP contribution < -0.4 is 5.32 Å². The minimum Gasteiger partial charge on any atom is -0.378 e. The van der Waals surface area contributed by atoms with Crippen LogP contribution in [-0.2, 0) is 4.74 Å². The Morgan fingerprint density at radius 1 is 1.38 bits per heavy atom. The molecule has 1 atom stereocenters. The first-order valence-corrected chi connectivity index (χ1v) is 5.64. The lowest BCUT2D eigenvalue weighted by atomic mass is 10.1. The summed E-state index contributed by atoms with van der Waals surface area (Å²) in [7, 11) is 0. The van der Waals surface area contributed by atoms with E-state index in [1.54, 1.807) is 0 Å². The average molecular weight is 304 g/mol. The van der Waals surface area contributed by atoms with E-state index in [-0.39, 0.29) is 23.6 Å². The number of halogens is 4. The Hall–Kier alpha value is 0.230. The third-order valence-corrected chi connectivity index (χ3v) is 3.30. The quantitative estimate of drug-likeness (QED) is 0.810. The van der Waals surface area contributed by atoms with Crippen LogP contribution in [0.4, 0.5) is 0 Å². The molecule has 0 amide bonds. The highest BCUT2D eigenvalue weighted by Crippen LogP contribution is 2.34. The average Bonchev–Trinajstić information content (AvgIpc) is 2.26. The first kappa shape index (κ1) is 14.3. The summed E-state index contributed by atoms with van der Waals surface area (Å²) in [6.07, 6.45) is 1.50. The van der Waals surface area contributed by atoms with Gasteiger partial charge < -0.3 is 10.1 Å². The molecule has 0 aliphatic carbocycles. The molecule has 1 N–H and O–H groups in total. The Morgan fingerprint density at radius 2 is 2.12 bits per heavy atom.